The Hall–Kier alpha value is -2.10. The van der Waals surface area contributed by atoms with Crippen LogP contribution in [0.1, 0.15) is 0 Å². The van der Waals surface area contributed by atoms with E-state index in [9.17, 15) is 70.2 Å². The number of anilines is 1. The quantitative estimate of drug-likeness (QED) is 0.256. The predicted molar refractivity (Wildman–Crippen MR) is 55.7 cm³/mol. The molecule has 0 heterocycles. The van der Waals surface area contributed by atoms with Gasteiger partial charge in [0.15, 0.2) is 23.3 Å². The summed E-state index contributed by atoms with van der Waals surface area (Å²) in [7, 11) is 0. The number of benzene rings is 1. The van der Waals surface area contributed by atoms with Crippen molar-refractivity contribution in [3.05, 3.63) is 29.1 Å². The first-order valence-electron chi connectivity index (χ1n) is 6.02. The number of nitrogens with one attached hydrogen (secondary N) is 1. The Balaban J connectivity index is 3.56. The molecule has 162 valence electrons. The molecule has 0 saturated heterocycles. The van der Waals surface area contributed by atoms with Crippen LogP contribution in [0.5, 0.6) is 0 Å². The molecular formula is C11HF16N. The summed E-state index contributed by atoms with van der Waals surface area (Å²) in [6, 6.07) is -7.08. The van der Waals surface area contributed by atoms with Gasteiger partial charge in [-0.05, 0) is 0 Å². The molecule has 1 N–H and O–H groups in total. The molecule has 1 rings (SSSR count). The van der Waals surface area contributed by atoms with E-state index in [0.717, 1.165) is 0 Å². The molecule has 0 unspecified atom stereocenters. The van der Waals surface area contributed by atoms with Crippen molar-refractivity contribution in [2.45, 2.75) is 30.0 Å². The molecule has 0 radical (unpaired) electrons. The Labute approximate surface area is 141 Å². The fraction of sp³-hybridized carbons (Fsp3) is 0.455. The predicted octanol–water partition coefficient (Wildman–Crippen LogP) is 5.86. The van der Waals surface area contributed by atoms with Crippen LogP contribution in [0.3, 0.4) is 0 Å². The fourth-order valence-electron chi connectivity index (χ4n) is 1.52. The molecule has 0 spiro atoms. The van der Waals surface area contributed by atoms with E-state index in [1.54, 1.807) is 0 Å². The molecule has 0 amide bonds. The van der Waals surface area contributed by atoms with E-state index in [-0.39, 0.29) is 0 Å². The van der Waals surface area contributed by atoms with E-state index < -0.39 is 70.1 Å². The summed E-state index contributed by atoms with van der Waals surface area (Å²) >= 11 is 0. The first-order valence-corrected chi connectivity index (χ1v) is 6.02. The highest BCUT2D eigenvalue weighted by Crippen LogP contribution is 2.57. The molecule has 0 aromatic heterocycles. The second kappa shape index (κ2) is 6.47. The smallest absolute Gasteiger partial charge is 0.317 e. The molecule has 1 nitrogen and oxygen atoms in total. The van der Waals surface area contributed by atoms with Crippen LogP contribution in [0.2, 0.25) is 0 Å². The number of hydrogen-bond donors (Lipinski definition) is 1. The largest absolute Gasteiger partial charge is 0.460 e. The van der Waals surface area contributed by atoms with Gasteiger partial charge < -0.3 is 5.32 Å². The third kappa shape index (κ3) is 3.17. The molecule has 0 atom stereocenters. The monoisotopic (exact) mass is 451 g/mol. The third-order valence-electron chi connectivity index (χ3n) is 3.03. The molecule has 0 aliphatic rings. The van der Waals surface area contributed by atoms with Gasteiger partial charge in [0.2, 0.25) is 5.82 Å². The third-order valence-corrected chi connectivity index (χ3v) is 3.03. The molecule has 0 fully saturated rings. The van der Waals surface area contributed by atoms with Gasteiger partial charge in [-0.1, -0.05) is 0 Å². The van der Waals surface area contributed by atoms with E-state index in [4.69, 9.17) is 0 Å². The Morgan fingerprint density at radius 2 is 0.750 bits per heavy atom. The Bertz CT molecular complexity index is 734. The van der Waals surface area contributed by atoms with Crippen molar-refractivity contribution in [1.82, 2.24) is 0 Å². The van der Waals surface area contributed by atoms with Crippen LogP contribution in [0, 0.1) is 29.1 Å². The van der Waals surface area contributed by atoms with E-state index >= 15 is 0 Å². The maximum Gasteiger partial charge on any atom is 0.460 e. The summed E-state index contributed by atoms with van der Waals surface area (Å²) in [4.78, 5) is 0. The average molecular weight is 451 g/mol. The minimum absolute atomic E-state index is 0.627. The van der Waals surface area contributed by atoms with Gasteiger partial charge in [-0.25, -0.2) is 22.0 Å². The van der Waals surface area contributed by atoms with Crippen molar-refractivity contribution in [2.75, 3.05) is 5.32 Å². The molecule has 0 aliphatic heterocycles. The molecule has 1 aromatic rings. The van der Waals surface area contributed by atoms with E-state index in [1.807, 2.05) is 0 Å². The summed E-state index contributed by atoms with van der Waals surface area (Å²) in [6.45, 7) is 0. The van der Waals surface area contributed by atoms with Gasteiger partial charge in [-0.2, -0.15) is 48.3 Å². The van der Waals surface area contributed by atoms with E-state index in [1.165, 1.54) is 0 Å². The zero-order chi connectivity index (χ0) is 22.7. The Morgan fingerprint density at radius 3 is 1.07 bits per heavy atom. The van der Waals surface area contributed by atoms with E-state index in [2.05, 4.69) is 0 Å². The van der Waals surface area contributed by atoms with Gasteiger partial charge in [0.05, 0.1) is 0 Å². The summed E-state index contributed by atoms with van der Waals surface area (Å²) in [5.74, 6) is -39.3. The molecular weight excluding hydrogens is 450 g/mol. The van der Waals surface area contributed by atoms with Gasteiger partial charge in [-0.15, -0.1) is 0 Å². The lowest BCUT2D eigenvalue weighted by atomic mass is 10.0. The second-order valence-electron chi connectivity index (χ2n) is 4.87. The number of alkyl halides is 11. The van der Waals surface area contributed by atoms with Crippen LogP contribution in [-0.4, -0.2) is 30.0 Å². The minimum atomic E-state index is -7.95. The second-order valence-corrected chi connectivity index (χ2v) is 4.87. The van der Waals surface area contributed by atoms with Crippen molar-refractivity contribution in [3.63, 3.8) is 0 Å². The minimum Gasteiger partial charge on any atom is -0.317 e. The fourth-order valence-corrected chi connectivity index (χ4v) is 1.52. The molecule has 17 heteroatoms. The normalized spacial score (nSPS) is 14.4. The molecule has 0 bridgehead atoms. The lowest BCUT2D eigenvalue weighted by molar-refractivity contribution is -0.419. The molecule has 28 heavy (non-hydrogen) atoms. The van der Waals surface area contributed by atoms with Crippen LogP contribution < -0.4 is 5.32 Å². The first-order chi connectivity index (χ1) is 12.1. The van der Waals surface area contributed by atoms with Gasteiger partial charge in [0, 0.05) is 0 Å². The highest BCUT2D eigenvalue weighted by atomic mass is 19.4. The molecule has 1 aromatic carbocycles. The highest BCUT2D eigenvalue weighted by molar-refractivity contribution is 5.49. The summed E-state index contributed by atoms with van der Waals surface area (Å²) in [5.41, 5.74) is -3.09. The number of hydrogen-bond acceptors (Lipinski definition) is 1. The highest BCUT2D eigenvalue weighted by Gasteiger charge is 2.87. The van der Waals surface area contributed by atoms with E-state index in [0.29, 0.717) is 0 Å². The van der Waals surface area contributed by atoms with Gasteiger partial charge >= 0.3 is 30.0 Å². The summed E-state index contributed by atoms with van der Waals surface area (Å²) < 4.78 is 204. The lowest BCUT2D eigenvalue weighted by Crippen LogP contribution is -2.68. The topological polar surface area (TPSA) is 12.0 Å². The van der Waals surface area contributed by atoms with Gasteiger partial charge in [-0.3, -0.25) is 0 Å². The Kier molecular flexibility index (Phi) is 5.53. The van der Waals surface area contributed by atoms with Crippen LogP contribution in [0.25, 0.3) is 0 Å². The molecule has 0 aliphatic carbocycles. The zero-order valence-corrected chi connectivity index (χ0v) is 12.0. The van der Waals surface area contributed by atoms with Crippen molar-refractivity contribution >= 4 is 5.69 Å². The maximum atomic E-state index is 13.3. The van der Waals surface area contributed by atoms with Gasteiger partial charge in [0.1, 0.15) is 5.69 Å². The lowest BCUT2D eigenvalue weighted by Gasteiger charge is -2.37. The van der Waals surface area contributed by atoms with Crippen LogP contribution in [0.4, 0.5) is 75.9 Å². The van der Waals surface area contributed by atoms with Crippen molar-refractivity contribution in [2.24, 2.45) is 0 Å². The van der Waals surface area contributed by atoms with Crippen molar-refractivity contribution < 1.29 is 70.2 Å². The summed E-state index contributed by atoms with van der Waals surface area (Å²) in [6.07, 6.45) is -7.50. The summed E-state index contributed by atoms with van der Waals surface area (Å²) in [5, 5.41) is -0.627. The van der Waals surface area contributed by atoms with Crippen molar-refractivity contribution in [3.8, 4) is 0 Å². The maximum absolute atomic E-state index is 13.3. The van der Waals surface area contributed by atoms with Gasteiger partial charge in [0.25, 0.3) is 0 Å². The zero-order valence-electron chi connectivity index (χ0n) is 12.0. The average Bonchev–Trinajstić information content (AvgIpc) is 2.53. The van der Waals surface area contributed by atoms with Crippen LogP contribution >= 0.6 is 0 Å². The molecule has 0 saturated carbocycles. The van der Waals surface area contributed by atoms with Crippen LogP contribution in [0.15, 0.2) is 0 Å². The first kappa shape index (κ1) is 23.9. The van der Waals surface area contributed by atoms with Crippen molar-refractivity contribution in [1.29, 1.82) is 0 Å². The Morgan fingerprint density at radius 1 is 0.429 bits per heavy atom. The SMILES string of the molecule is Fc1c(F)c(F)c(NC(F)(F)C(F)(F)C(F)(F)C(F)(F)C(F)(F)F)c(F)c1F. The number of halogens is 16. The number of rotatable bonds is 5. The van der Waals surface area contributed by atoms with Crippen LogP contribution in [-0.2, 0) is 0 Å². The standard InChI is InChI=1S/C11HF16N/c12-1-2(13)4(15)6(5(16)3(1)14)28-11(26,27)9(21,22)7(17,18)8(19,20)10(23,24)25/h28H.